The zero-order valence-corrected chi connectivity index (χ0v) is 12.2. The van der Waals surface area contributed by atoms with Crippen LogP contribution in [0, 0.1) is 0 Å². The fourth-order valence-electron chi connectivity index (χ4n) is 1.79. The SMILES string of the molecule is COc1ccc(CCOc2cncc(Cl)c2)cc1OC. The van der Waals surface area contributed by atoms with E-state index in [1.165, 1.54) is 0 Å². The lowest BCUT2D eigenvalue weighted by Gasteiger charge is -2.10. The number of hydrogen-bond acceptors (Lipinski definition) is 4. The quantitative estimate of drug-likeness (QED) is 0.819. The number of ether oxygens (including phenoxy) is 3. The molecule has 0 bridgehead atoms. The molecule has 0 aliphatic carbocycles. The van der Waals surface area contributed by atoms with Crippen molar-refractivity contribution in [2.24, 2.45) is 0 Å². The maximum Gasteiger partial charge on any atom is 0.160 e. The molecule has 1 aromatic carbocycles. The highest BCUT2D eigenvalue weighted by atomic mass is 35.5. The smallest absolute Gasteiger partial charge is 0.160 e. The molecule has 0 N–H and O–H groups in total. The van der Waals surface area contributed by atoms with E-state index in [0.29, 0.717) is 17.4 Å². The molecule has 0 aliphatic rings. The molecule has 0 spiro atoms. The van der Waals surface area contributed by atoms with Gasteiger partial charge in [0, 0.05) is 18.7 Å². The van der Waals surface area contributed by atoms with E-state index in [2.05, 4.69) is 4.98 Å². The average Bonchev–Trinajstić information content (AvgIpc) is 2.47. The second-order valence-electron chi connectivity index (χ2n) is 4.13. The highest BCUT2D eigenvalue weighted by molar-refractivity contribution is 6.30. The monoisotopic (exact) mass is 293 g/mol. The van der Waals surface area contributed by atoms with Crippen molar-refractivity contribution in [2.75, 3.05) is 20.8 Å². The molecule has 0 amide bonds. The first-order valence-electron chi connectivity index (χ1n) is 6.17. The van der Waals surface area contributed by atoms with Gasteiger partial charge in [-0.1, -0.05) is 17.7 Å². The predicted octanol–water partition coefficient (Wildman–Crippen LogP) is 3.37. The molecule has 0 radical (unpaired) electrons. The van der Waals surface area contributed by atoms with Crippen LogP contribution in [0.5, 0.6) is 17.2 Å². The number of hydrogen-bond donors (Lipinski definition) is 0. The maximum atomic E-state index is 5.84. The van der Waals surface area contributed by atoms with Crippen molar-refractivity contribution in [3.05, 3.63) is 47.2 Å². The molecule has 106 valence electrons. The van der Waals surface area contributed by atoms with Gasteiger partial charge in [-0.25, -0.2) is 0 Å². The van der Waals surface area contributed by atoms with E-state index in [0.717, 1.165) is 23.5 Å². The number of aromatic nitrogens is 1. The Balaban J connectivity index is 1.94. The lowest BCUT2D eigenvalue weighted by Crippen LogP contribution is -2.02. The van der Waals surface area contributed by atoms with Gasteiger partial charge in [0.25, 0.3) is 0 Å². The Kier molecular flexibility index (Phi) is 5.07. The molecule has 0 unspecified atom stereocenters. The molecule has 1 heterocycles. The molecular formula is C15H16ClNO3. The summed E-state index contributed by atoms with van der Waals surface area (Å²) in [6.45, 7) is 0.539. The van der Waals surface area contributed by atoms with Crippen LogP contribution < -0.4 is 14.2 Å². The van der Waals surface area contributed by atoms with Gasteiger partial charge in [0.05, 0.1) is 32.0 Å². The van der Waals surface area contributed by atoms with Gasteiger partial charge in [-0.2, -0.15) is 0 Å². The number of rotatable bonds is 6. The van der Waals surface area contributed by atoms with Crippen LogP contribution in [-0.4, -0.2) is 25.8 Å². The Bertz CT molecular complexity index is 575. The summed E-state index contributed by atoms with van der Waals surface area (Å²) in [5.74, 6) is 2.10. The fourth-order valence-corrected chi connectivity index (χ4v) is 1.96. The lowest BCUT2D eigenvalue weighted by molar-refractivity contribution is 0.319. The molecule has 2 aromatic rings. The summed E-state index contributed by atoms with van der Waals surface area (Å²) < 4.78 is 16.1. The third-order valence-electron chi connectivity index (χ3n) is 2.79. The molecule has 20 heavy (non-hydrogen) atoms. The Hall–Kier alpha value is -1.94. The van der Waals surface area contributed by atoms with Crippen molar-refractivity contribution in [1.82, 2.24) is 4.98 Å². The summed E-state index contributed by atoms with van der Waals surface area (Å²) in [5, 5.41) is 0.564. The molecule has 0 aliphatic heterocycles. The third kappa shape index (κ3) is 3.78. The van der Waals surface area contributed by atoms with E-state index in [9.17, 15) is 0 Å². The summed E-state index contributed by atoms with van der Waals surface area (Å²) in [7, 11) is 3.24. The zero-order valence-electron chi connectivity index (χ0n) is 11.4. The van der Waals surface area contributed by atoms with E-state index in [4.69, 9.17) is 25.8 Å². The first kappa shape index (κ1) is 14.5. The van der Waals surface area contributed by atoms with Gasteiger partial charge in [0.2, 0.25) is 0 Å². The van der Waals surface area contributed by atoms with Crippen LogP contribution in [0.25, 0.3) is 0 Å². The zero-order chi connectivity index (χ0) is 14.4. The summed E-state index contributed by atoms with van der Waals surface area (Å²) in [4.78, 5) is 3.97. The topological polar surface area (TPSA) is 40.6 Å². The van der Waals surface area contributed by atoms with Crippen molar-refractivity contribution in [1.29, 1.82) is 0 Å². The molecule has 0 fully saturated rings. The van der Waals surface area contributed by atoms with Gasteiger partial charge in [-0.15, -0.1) is 0 Å². The number of benzene rings is 1. The minimum atomic E-state index is 0.539. The van der Waals surface area contributed by atoms with Gasteiger partial charge in [-0.05, 0) is 17.7 Å². The number of nitrogens with zero attached hydrogens (tertiary/aromatic N) is 1. The second-order valence-corrected chi connectivity index (χ2v) is 4.56. The van der Waals surface area contributed by atoms with Gasteiger partial charge in [-0.3, -0.25) is 4.98 Å². The third-order valence-corrected chi connectivity index (χ3v) is 2.99. The number of pyridine rings is 1. The molecule has 1 aromatic heterocycles. The van der Waals surface area contributed by atoms with Crippen molar-refractivity contribution >= 4 is 11.6 Å². The van der Waals surface area contributed by atoms with E-state index in [-0.39, 0.29) is 0 Å². The molecular weight excluding hydrogens is 278 g/mol. The van der Waals surface area contributed by atoms with Crippen LogP contribution >= 0.6 is 11.6 Å². The second kappa shape index (κ2) is 7.01. The summed E-state index contributed by atoms with van der Waals surface area (Å²) in [6.07, 6.45) is 3.97. The Morgan fingerprint density at radius 2 is 1.85 bits per heavy atom. The van der Waals surface area contributed by atoms with Crippen molar-refractivity contribution in [3.8, 4) is 17.2 Å². The Labute approximate surface area is 123 Å². The van der Waals surface area contributed by atoms with E-state index >= 15 is 0 Å². The molecule has 0 saturated carbocycles. The van der Waals surface area contributed by atoms with Gasteiger partial charge >= 0.3 is 0 Å². The first-order valence-corrected chi connectivity index (χ1v) is 6.55. The highest BCUT2D eigenvalue weighted by Gasteiger charge is 2.04. The minimum Gasteiger partial charge on any atom is -0.493 e. The van der Waals surface area contributed by atoms with Gasteiger partial charge < -0.3 is 14.2 Å². The van der Waals surface area contributed by atoms with Crippen LogP contribution in [0.4, 0.5) is 0 Å². The summed E-state index contributed by atoms with van der Waals surface area (Å²) in [5.41, 5.74) is 1.11. The molecule has 2 rings (SSSR count). The normalized spacial score (nSPS) is 10.2. The average molecular weight is 294 g/mol. The van der Waals surface area contributed by atoms with Gasteiger partial charge in [0.15, 0.2) is 11.5 Å². The van der Waals surface area contributed by atoms with E-state index in [1.807, 2.05) is 18.2 Å². The molecule has 0 saturated heterocycles. The Morgan fingerprint density at radius 1 is 1.05 bits per heavy atom. The van der Waals surface area contributed by atoms with Crippen LogP contribution in [0.1, 0.15) is 5.56 Å². The predicted molar refractivity (Wildman–Crippen MR) is 78.0 cm³/mol. The van der Waals surface area contributed by atoms with Crippen LogP contribution in [-0.2, 0) is 6.42 Å². The highest BCUT2D eigenvalue weighted by Crippen LogP contribution is 2.27. The van der Waals surface area contributed by atoms with E-state index < -0.39 is 0 Å². The molecule has 0 atom stereocenters. The standard InChI is InChI=1S/C15H16ClNO3/c1-18-14-4-3-11(7-15(14)19-2)5-6-20-13-8-12(16)9-17-10-13/h3-4,7-10H,5-6H2,1-2H3. The largest absolute Gasteiger partial charge is 0.493 e. The lowest BCUT2D eigenvalue weighted by atomic mass is 10.1. The van der Waals surface area contributed by atoms with Crippen molar-refractivity contribution in [2.45, 2.75) is 6.42 Å². The number of halogens is 1. The first-order chi connectivity index (χ1) is 9.72. The van der Waals surface area contributed by atoms with E-state index in [1.54, 1.807) is 32.7 Å². The maximum absolute atomic E-state index is 5.84. The number of methoxy groups -OCH3 is 2. The van der Waals surface area contributed by atoms with Crippen LogP contribution in [0.15, 0.2) is 36.7 Å². The Morgan fingerprint density at radius 3 is 2.55 bits per heavy atom. The molecule has 5 heteroatoms. The van der Waals surface area contributed by atoms with Crippen molar-refractivity contribution < 1.29 is 14.2 Å². The van der Waals surface area contributed by atoms with Crippen LogP contribution in [0.2, 0.25) is 5.02 Å². The van der Waals surface area contributed by atoms with Crippen molar-refractivity contribution in [3.63, 3.8) is 0 Å². The van der Waals surface area contributed by atoms with Gasteiger partial charge in [0.1, 0.15) is 5.75 Å². The van der Waals surface area contributed by atoms with Crippen LogP contribution in [0.3, 0.4) is 0 Å². The minimum absolute atomic E-state index is 0.539. The summed E-state index contributed by atoms with van der Waals surface area (Å²) in [6, 6.07) is 7.55. The summed E-state index contributed by atoms with van der Waals surface area (Å²) >= 11 is 5.84. The fraction of sp³-hybridized carbons (Fsp3) is 0.267. The molecule has 4 nitrogen and oxygen atoms in total.